The molecule has 1 saturated heterocycles. The molecular formula is C25H29FN4O. The quantitative estimate of drug-likeness (QED) is 0.661. The molecule has 31 heavy (non-hydrogen) atoms. The standard InChI is InChI=1S/C25H29FN4O/c26-20-7-5-6-18(16-20)17-30-23-11-4-3-10-22(23)28-25(30)29-14-12-19(13-15-29)24(31)27-21-8-1-2-9-21/h3-7,10-11,16,19,21H,1-2,8-9,12-15,17H2,(H,27,31). The number of hydrogen-bond donors (Lipinski definition) is 1. The first-order chi connectivity index (χ1) is 15.2. The second-order valence-electron chi connectivity index (χ2n) is 8.87. The maximum absolute atomic E-state index is 13.8. The fourth-order valence-electron chi connectivity index (χ4n) is 5.01. The maximum atomic E-state index is 13.8. The predicted molar refractivity (Wildman–Crippen MR) is 121 cm³/mol. The molecule has 2 heterocycles. The Bertz CT molecular complexity index is 1060. The van der Waals surface area contributed by atoms with Crippen molar-refractivity contribution in [2.45, 2.75) is 51.1 Å². The van der Waals surface area contributed by atoms with Gasteiger partial charge in [-0.05, 0) is 55.5 Å². The van der Waals surface area contributed by atoms with E-state index in [0.717, 1.165) is 61.3 Å². The minimum atomic E-state index is -0.224. The van der Waals surface area contributed by atoms with E-state index in [1.54, 1.807) is 12.1 Å². The molecule has 0 unspecified atom stereocenters. The fourth-order valence-corrected chi connectivity index (χ4v) is 5.01. The number of nitrogens with zero attached hydrogens (tertiary/aromatic N) is 3. The summed E-state index contributed by atoms with van der Waals surface area (Å²) in [4.78, 5) is 19.9. The molecule has 2 fully saturated rings. The van der Waals surface area contributed by atoms with Crippen molar-refractivity contribution in [3.63, 3.8) is 0 Å². The van der Waals surface area contributed by atoms with Crippen molar-refractivity contribution < 1.29 is 9.18 Å². The van der Waals surface area contributed by atoms with E-state index in [1.807, 2.05) is 24.3 Å². The summed E-state index contributed by atoms with van der Waals surface area (Å²) in [7, 11) is 0. The Morgan fingerprint density at radius 1 is 1.03 bits per heavy atom. The first-order valence-corrected chi connectivity index (χ1v) is 11.4. The SMILES string of the molecule is O=C(NC1CCCC1)C1CCN(c2nc3ccccc3n2Cc2cccc(F)c2)CC1. The molecular weight excluding hydrogens is 391 g/mol. The molecule has 1 N–H and O–H groups in total. The van der Waals surface area contributed by atoms with Gasteiger partial charge in [0.05, 0.1) is 17.6 Å². The van der Waals surface area contributed by atoms with Gasteiger partial charge in [0.2, 0.25) is 11.9 Å². The number of halogens is 1. The number of nitrogens with one attached hydrogen (secondary N) is 1. The first-order valence-electron chi connectivity index (χ1n) is 11.4. The Morgan fingerprint density at radius 3 is 2.58 bits per heavy atom. The van der Waals surface area contributed by atoms with Crippen molar-refractivity contribution in [1.82, 2.24) is 14.9 Å². The second-order valence-corrected chi connectivity index (χ2v) is 8.87. The summed E-state index contributed by atoms with van der Waals surface area (Å²) in [6, 6.07) is 15.2. The van der Waals surface area contributed by atoms with E-state index in [0.29, 0.717) is 12.6 Å². The number of piperidine rings is 1. The zero-order valence-electron chi connectivity index (χ0n) is 17.8. The number of rotatable bonds is 5. The Hall–Kier alpha value is -2.89. The number of carbonyl (C=O) groups is 1. The zero-order chi connectivity index (χ0) is 21.2. The molecule has 3 aromatic rings. The topological polar surface area (TPSA) is 50.2 Å². The Balaban J connectivity index is 1.33. The van der Waals surface area contributed by atoms with Crippen LogP contribution in [0.1, 0.15) is 44.1 Å². The largest absolute Gasteiger partial charge is 0.353 e. The lowest BCUT2D eigenvalue weighted by Crippen LogP contribution is -2.43. The van der Waals surface area contributed by atoms with Gasteiger partial charge in [0.15, 0.2) is 0 Å². The number of hydrogen-bond acceptors (Lipinski definition) is 3. The number of carbonyl (C=O) groups excluding carboxylic acids is 1. The molecule has 1 saturated carbocycles. The molecule has 1 aromatic heterocycles. The van der Waals surface area contributed by atoms with E-state index in [4.69, 9.17) is 4.98 Å². The van der Waals surface area contributed by atoms with E-state index < -0.39 is 0 Å². The van der Waals surface area contributed by atoms with Crippen LogP contribution in [-0.2, 0) is 11.3 Å². The third-order valence-electron chi connectivity index (χ3n) is 6.71. The maximum Gasteiger partial charge on any atom is 0.223 e. The van der Waals surface area contributed by atoms with Gasteiger partial charge in [-0.1, -0.05) is 37.1 Å². The van der Waals surface area contributed by atoms with Gasteiger partial charge in [-0.15, -0.1) is 0 Å². The lowest BCUT2D eigenvalue weighted by atomic mass is 9.95. The fraction of sp³-hybridized carbons (Fsp3) is 0.440. The van der Waals surface area contributed by atoms with Crippen LogP contribution in [0.4, 0.5) is 10.3 Å². The first kappa shape index (κ1) is 20.0. The summed E-state index contributed by atoms with van der Waals surface area (Å²) in [5, 5.41) is 3.26. The van der Waals surface area contributed by atoms with E-state index >= 15 is 0 Å². The third-order valence-corrected chi connectivity index (χ3v) is 6.71. The summed E-state index contributed by atoms with van der Waals surface area (Å²) in [6.45, 7) is 2.17. The molecule has 1 aliphatic carbocycles. The number of aromatic nitrogens is 2. The summed E-state index contributed by atoms with van der Waals surface area (Å²) in [5.74, 6) is 0.982. The second kappa shape index (κ2) is 8.69. The van der Waals surface area contributed by atoms with Crippen LogP contribution in [0.25, 0.3) is 11.0 Å². The van der Waals surface area contributed by atoms with Crippen LogP contribution in [0, 0.1) is 11.7 Å². The number of amides is 1. The molecule has 0 spiro atoms. The predicted octanol–water partition coefficient (Wildman–Crippen LogP) is 4.50. The molecule has 0 bridgehead atoms. The molecule has 2 aromatic carbocycles. The van der Waals surface area contributed by atoms with Crippen LogP contribution < -0.4 is 10.2 Å². The number of fused-ring (bicyclic) bond motifs is 1. The van der Waals surface area contributed by atoms with Crippen molar-refractivity contribution in [2.24, 2.45) is 5.92 Å². The minimum Gasteiger partial charge on any atom is -0.353 e. The average molecular weight is 421 g/mol. The highest BCUT2D eigenvalue weighted by Gasteiger charge is 2.29. The van der Waals surface area contributed by atoms with Crippen molar-refractivity contribution in [1.29, 1.82) is 0 Å². The van der Waals surface area contributed by atoms with Gasteiger partial charge in [0.1, 0.15) is 5.82 Å². The monoisotopic (exact) mass is 420 g/mol. The molecule has 1 amide bonds. The molecule has 5 rings (SSSR count). The lowest BCUT2D eigenvalue weighted by Gasteiger charge is -2.33. The molecule has 0 radical (unpaired) electrons. The van der Waals surface area contributed by atoms with Crippen LogP contribution in [0.15, 0.2) is 48.5 Å². The van der Waals surface area contributed by atoms with Gasteiger partial charge < -0.3 is 14.8 Å². The van der Waals surface area contributed by atoms with Crippen molar-refractivity contribution in [2.75, 3.05) is 18.0 Å². The summed E-state index contributed by atoms with van der Waals surface area (Å²) in [6.07, 6.45) is 6.36. The average Bonchev–Trinajstić information content (AvgIpc) is 3.42. The van der Waals surface area contributed by atoms with E-state index in [9.17, 15) is 9.18 Å². The van der Waals surface area contributed by atoms with Crippen LogP contribution in [0.2, 0.25) is 0 Å². The number of imidazole rings is 1. The molecule has 1 aliphatic heterocycles. The van der Waals surface area contributed by atoms with Gasteiger partial charge >= 0.3 is 0 Å². The van der Waals surface area contributed by atoms with Crippen LogP contribution in [0.3, 0.4) is 0 Å². The highest BCUT2D eigenvalue weighted by Crippen LogP contribution is 2.28. The van der Waals surface area contributed by atoms with E-state index in [2.05, 4.69) is 20.9 Å². The van der Waals surface area contributed by atoms with Gasteiger partial charge in [-0.25, -0.2) is 9.37 Å². The molecule has 2 aliphatic rings. The molecule has 0 atom stereocenters. The van der Waals surface area contributed by atoms with Crippen molar-refractivity contribution in [3.05, 3.63) is 59.9 Å². The zero-order valence-corrected chi connectivity index (χ0v) is 17.8. The normalized spacial score (nSPS) is 18.0. The van der Waals surface area contributed by atoms with Crippen LogP contribution in [-0.4, -0.2) is 34.6 Å². The van der Waals surface area contributed by atoms with Crippen molar-refractivity contribution in [3.8, 4) is 0 Å². The van der Waals surface area contributed by atoms with E-state index in [1.165, 1.54) is 18.9 Å². The van der Waals surface area contributed by atoms with Gasteiger partial charge in [-0.3, -0.25) is 4.79 Å². The van der Waals surface area contributed by atoms with Gasteiger partial charge in [0, 0.05) is 25.0 Å². The Labute approximate surface area is 182 Å². The number of benzene rings is 2. The Kier molecular flexibility index (Phi) is 5.62. The van der Waals surface area contributed by atoms with Crippen LogP contribution in [0.5, 0.6) is 0 Å². The summed E-state index contributed by atoms with van der Waals surface area (Å²) < 4.78 is 15.9. The van der Waals surface area contributed by atoms with Crippen LogP contribution >= 0.6 is 0 Å². The van der Waals surface area contributed by atoms with Gasteiger partial charge in [-0.2, -0.15) is 0 Å². The molecule has 6 heteroatoms. The highest BCUT2D eigenvalue weighted by atomic mass is 19.1. The van der Waals surface area contributed by atoms with E-state index in [-0.39, 0.29) is 17.6 Å². The Morgan fingerprint density at radius 2 is 1.81 bits per heavy atom. The van der Waals surface area contributed by atoms with Gasteiger partial charge in [0.25, 0.3) is 0 Å². The highest BCUT2D eigenvalue weighted by molar-refractivity contribution is 5.80. The number of anilines is 1. The summed E-state index contributed by atoms with van der Waals surface area (Å²) in [5.41, 5.74) is 2.90. The minimum absolute atomic E-state index is 0.0814. The molecule has 5 nitrogen and oxygen atoms in total. The number of para-hydroxylation sites is 2. The van der Waals surface area contributed by atoms with Crippen molar-refractivity contribution >= 4 is 22.9 Å². The summed E-state index contributed by atoms with van der Waals surface area (Å²) >= 11 is 0. The lowest BCUT2D eigenvalue weighted by molar-refractivity contribution is -0.126. The third kappa shape index (κ3) is 4.29. The smallest absolute Gasteiger partial charge is 0.223 e. The molecule has 162 valence electrons.